The van der Waals surface area contributed by atoms with E-state index < -0.39 is 0 Å². The molecule has 0 aliphatic carbocycles. The number of benzene rings is 14. The first-order valence-electron chi connectivity index (χ1n) is 29.3. The normalized spacial score (nSPS) is 13.0. The summed E-state index contributed by atoms with van der Waals surface area (Å²) in [5.74, 6) is 0. The zero-order chi connectivity index (χ0) is 54.2. The van der Waals surface area contributed by atoms with E-state index >= 15 is 0 Å². The zero-order valence-electron chi connectivity index (χ0n) is 45.2. The van der Waals surface area contributed by atoms with Crippen LogP contribution in [-0.4, -0.2) is 29.5 Å². The molecule has 0 saturated carbocycles. The molecule has 384 valence electrons. The molecule has 0 saturated heterocycles. The largest absolute Gasteiger partial charge is 0.310 e. The van der Waals surface area contributed by atoms with Crippen LogP contribution >= 0.6 is 0 Å². The topological polar surface area (TPSA) is 24.6 Å². The summed E-state index contributed by atoms with van der Waals surface area (Å²) in [4.78, 5) is 0. The van der Waals surface area contributed by atoms with E-state index in [1.807, 2.05) is 0 Å². The number of hydrogen-bond donors (Lipinski definition) is 0. The molecule has 0 N–H and O–H groups in total. The van der Waals surface area contributed by atoms with Crippen LogP contribution in [0.5, 0.6) is 0 Å². The molecule has 19 aromatic rings. The van der Waals surface area contributed by atoms with Crippen molar-refractivity contribution in [1.29, 1.82) is 0 Å². The summed E-state index contributed by atoms with van der Waals surface area (Å²) >= 11 is 0. The average Bonchev–Trinajstić information content (AvgIpc) is 1.55. The van der Waals surface area contributed by atoms with E-state index in [9.17, 15) is 0 Å². The number of hydrogen-bond acceptors (Lipinski definition) is 0. The monoisotopic (exact) mass is 1060 g/mol. The molecule has 0 amide bonds. The Balaban J connectivity index is 0.961. The van der Waals surface area contributed by atoms with Crippen LogP contribution in [0.15, 0.2) is 267 Å². The Morgan fingerprint density at radius 2 is 0.548 bits per heavy atom. The van der Waals surface area contributed by atoms with Gasteiger partial charge in [0.05, 0.1) is 44.1 Å². The lowest BCUT2D eigenvalue weighted by Gasteiger charge is -2.34. The Labute approximate surface area is 479 Å². The van der Waals surface area contributed by atoms with Crippen molar-refractivity contribution in [3.63, 3.8) is 0 Å². The van der Waals surface area contributed by atoms with Gasteiger partial charge in [-0.1, -0.05) is 176 Å². The predicted molar refractivity (Wildman–Crippen MR) is 355 cm³/mol. The van der Waals surface area contributed by atoms with E-state index in [1.54, 1.807) is 0 Å². The van der Waals surface area contributed by atoms with Gasteiger partial charge in [0.15, 0.2) is 0 Å². The van der Waals surface area contributed by atoms with Crippen molar-refractivity contribution in [3.05, 3.63) is 267 Å². The molecule has 0 fully saturated rings. The molecule has 6 heteroatoms. The van der Waals surface area contributed by atoms with Crippen LogP contribution in [0.4, 0.5) is 0 Å². The molecule has 7 heterocycles. The molecule has 2 aliphatic heterocycles. The second kappa shape index (κ2) is 15.5. The van der Waals surface area contributed by atoms with Crippen LogP contribution < -0.4 is 16.4 Å². The molecule has 0 bridgehead atoms. The van der Waals surface area contributed by atoms with Gasteiger partial charge in [-0.25, -0.2) is 0 Å². The molecule has 84 heavy (non-hydrogen) atoms. The summed E-state index contributed by atoms with van der Waals surface area (Å²) in [6.07, 6.45) is 0. The van der Waals surface area contributed by atoms with Gasteiger partial charge in [-0.3, -0.25) is 0 Å². The number of para-hydroxylation sites is 6. The van der Waals surface area contributed by atoms with Crippen molar-refractivity contribution >= 4 is 164 Å². The minimum absolute atomic E-state index is 0.142. The quantitative estimate of drug-likeness (QED) is 0.124. The van der Waals surface area contributed by atoms with E-state index in [0.717, 1.165) is 17.1 Å². The van der Waals surface area contributed by atoms with Crippen LogP contribution in [0.1, 0.15) is 0 Å². The summed E-state index contributed by atoms with van der Waals surface area (Å²) in [5.41, 5.74) is 22.0. The van der Waals surface area contributed by atoms with Gasteiger partial charge < -0.3 is 22.8 Å². The second-order valence-electron chi connectivity index (χ2n) is 23.5. The first-order chi connectivity index (χ1) is 41.7. The maximum Gasteiger partial charge on any atom is 0.252 e. The van der Waals surface area contributed by atoms with Crippen molar-refractivity contribution in [3.8, 4) is 28.4 Å². The van der Waals surface area contributed by atoms with E-state index in [4.69, 9.17) is 0 Å². The lowest BCUT2D eigenvalue weighted by molar-refractivity contribution is 1.14. The van der Waals surface area contributed by atoms with Gasteiger partial charge in [0.25, 0.3) is 6.71 Å². The van der Waals surface area contributed by atoms with E-state index in [0.29, 0.717) is 0 Å². The second-order valence-corrected chi connectivity index (χ2v) is 23.5. The van der Waals surface area contributed by atoms with Crippen molar-refractivity contribution in [2.45, 2.75) is 0 Å². The number of aromatic nitrogens is 5. The smallest absolute Gasteiger partial charge is 0.252 e. The van der Waals surface area contributed by atoms with Crippen molar-refractivity contribution in [1.82, 2.24) is 22.8 Å². The maximum absolute atomic E-state index is 2.69. The summed E-state index contributed by atoms with van der Waals surface area (Å²) in [6.45, 7) is -0.142. The fourth-order valence-corrected chi connectivity index (χ4v) is 16.4. The van der Waals surface area contributed by atoms with Gasteiger partial charge >= 0.3 is 0 Å². The van der Waals surface area contributed by atoms with E-state index in [2.05, 4.69) is 290 Å². The van der Waals surface area contributed by atoms with E-state index in [-0.39, 0.29) is 6.71 Å². The highest BCUT2D eigenvalue weighted by atomic mass is 15.1. The van der Waals surface area contributed by atoms with Gasteiger partial charge in [0.2, 0.25) is 0 Å². The molecule has 5 nitrogen and oxygen atoms in total. The van der Waals surface area contributed by atoms with Gasteiger partial charge in [-0.15, -0.1) is 0 Å². The molecule has 21 rings (SSSR count). The molecule has 14 aromatic carbocycles. The minimum atomic E-state index is -0.142. The SMILES string of the molecule is c1cc2c3c(c1)-n1c4c(cc(-n5c6ccccc6c6ccccc65)cc4c4ccc5c6ccccc6c6ccccc6c5c41)B3c1cc(-n3c4ccccc4c4ccccc43)cc3c4cc(-n5c6ccccc6c6ccccc65)ccc4n-2c13. The van der Waals surface area contributed by atoms with Crippen molar-refractivity contribution < 1.29 is 0 Å². The highest BCUT2D eigenvalue weighted by Gasteiger charge is 2.42. The Morgan fingerprint density at radius 3 is 1.04 bits per heavy atom. The third kappa shape index (κ3) is 5.25. The Bertz CT molecular complexity index is 6060. The highest BCUT2D eigenvalue weighted by molar-refractivity contribution is 7.00. The highest BCUT2D eigenvalue weighted by Crippen LogP contribution is 2.47. The van der Waals surface area contributed by atoms with Gasteiger partial charge in [0.1, 0.15) is 0 Å². The van der Waals surface area contributed by atoms with Crippen LogP contribution in [-0.2, 0) is 0 Å². The molecular formula is C78H44BN5. The molecule has 0 unspecified atom stereocenters. The van der Waals surface area contributed by atoms with Crippen LogP contribution in [0, 0.1) is 0 Å². The van der Waals surface area contributed by atoms with E-state index in [1.165, 1.54) is 169 Å². The van der Waals surface area contributed by atoms with Gasteiger partial charge in [0, 0.05) is 98.7 Å². The molecule has 5 aromatic heterocycles. The maximum atomic E-state index is 2.69. The summed E-state index contributed by atoms with van der Waals surface area (Å²) in [5, 5.41) is 20.1. The average molecular weight is 1060 g/mol. The summed E-state index contributed by atoms with van der Waals surface area (Å²) in [6, 6.07) is 101. The number of fused-ring (bicyclic) bond motifs is 26. The summed E-state index contributed by atoms with van der Waals surface area (Å²) in [7, 11) is 0. The third-order valence-corrected chi connectivity index (χ3v) is 19.6. The third-order valence-electron chi connectivity index (χ3n) is 19.6. The lowest BCUT2D eigenvalue weighted by Crippen LogP contribution is -2.59. The standard InChI is InChI=1S/C78H44BN5/c1-2-20-50-48(18-1)49-19-3-4-27-57(49)74-58(50)37-38-59-61-41-46(81-67-30-13-7-23-53(67)54-24-8-14-31-68(54)81)44-64-77(61)84(78(59)74)73-35-17-34-72-75(73)79(64)63-43-47(82-69-32-15-9-25-55(69)56-26-10-16-33-70(56)82)42-62-60-40-45(36-39-71(60)83(72)76(62)63)80-65-28-11-5-21-51(65)52-22-6-12-29-66(52)80/h1-44H. The summed E-state index contributed by atoms with van der Waals surface area (Å²) < 4.78 is 12.9. The Hall–Kier alpha value is -11.1. The number of rotatable bonds is 3. The zero-order valence-corrected chi connectivity index (χ0v) is 45.2. The first-order valence-corrected chi connectivity index (χ1v) is 29.3. The van der Waals surface area contributed by atoms with Gasteiger partial charge in [-0.2, -0.15) is 0 Å². The van der Waals surface area contributed by atoms with Crippen molar-refractivity contribution in [2.75, 3.05) is 0 Å². The molecule has 0 spiro atoms. The molecule has 0 atom stereocenters. The minimum Gasteiger partial charge on any atom is -0.310 e. The van der Waals surface area contributed by atoms with Crippen LogP contribution in [0.25, 0.3) is 170 Å². The lowest BCUT2D eigenvalue weighted by atomic mass is 9.34. The first kappa shape index (κ1) is 43.7. The Morgan fingerprint density at radius 1 is 0.202 bits per heavy atom. The molecule has 2 aliphatic rings. The molecular weight excluding hydrogens is 1020 g/mol. The Kier molecular flexibility index (Phi) is 8.05. The van der Waals surface area contributed by atoms with Crippen LogP contribution in [0.2, 0.25) is 0 Å². The molecule has 0 radical (unpaired) electrons. The fraction of sp³-hybridized carbons (Fsp3) is 0. The fourth-order valence-electron chi connectivity index (χ4n) is 16.4. The van der Waals surface area contributed by atoms with Crippen molar-refractivity contribution in [2.24, 2.45) is 0 Å². The van der Waals surface area contributed by atoms with Gasteiger partial charge in [-0.05, 0) is 134 Å². The predicted octanol–water partition coefficient (Wildman–Crippen LogP) is 17.8. The number of nitrogens with zero attached hydrogens (tertiary/aromatic N) is 5. The van der Waals surface area contributed by atoms with Crippen LogP contribution in [0.3, 0.4) is 0 Å².